The average Bonchev–Trinajstić information content (AvgIpc) is 3.09. The van der Waals surface area contributed by atoms with E-state index in [4.69, 9.17) is 9.41 Å². The van der Waals surface area contributed by atoms with Crippen molar-refractivity contribution in [3.63, 3.8) is 0 Å². The minimum absolute atomic E-state index is 0.498. The van der Waals surface area contributed by atoms with E-state index in [1.807, 2.05) is 12.1 Å². The molecule has 0 atom stereocenters. The topological polar surface area (TPSA) is 52.8 Å². The fourth-order valence-electron chi connectivity index (χ4n) is 3.07. The molecule has 1 aromatic heterocycles. The molecule has 1 fully saturated rings. The molecule has 1 aliphatic heterocycles. The fourth-order valence-corrected chi connectivity index (χ4v) is 3.07. The first-order valence-electron chi connectivity index (χ1n) is 9.61. The maximum absolute atomic E-state index is 5.39. The first-order valence-corrected chi connectivity index (χ1v) is 9.61. The molecule has 5 heteroatoms. The van der Waals surface area contributed by atoms with E-state index in [2.05, 4.69) is 36.0 Å². The molecular formula is C20H34N4O. The zero-order valence-corrected chi connectivity index (χ0v) is 15.9. The van der Waals surface area contributed by atoms with E-state index in [9.17, 15) is 0 Å². The van der Waals surface area contributed by atoms with Crippen molar-refractivity contribution < 1.29 is 4.42 Å². The number of furan rings is 1. The highest BCUT2D eigenvalue weighted by Crippen LogP contribution is 2.11. The van der Waals surface area contributed by atoms with E-state index >= 15 is 0 Å². The van der Waals surface area contributed by atoms with Crippen molar-refractivity contribution in [3.8, 4) is 0 Å². The third-order valence-corrected chi connectivity index (χ3v) is 4.45. The fraction of sp³-hybridized carbons (Fsp3) is 0.650. The number of rotatable bonds is 9. The van der Waals surface area contributed by atoms with Crippen LogP contribution in [-0.2, 0) is 6.42 Å². The van der Waals surface area contributed by atoms with Crippen LogP contribution in [0.25, 0.3) is 0 Å². The van der Waals surface area contributed by atoms with Gasteiger partial charge in [0.05, 0.1) is 6.26 Å². The van der Waals surface area contributed by atoms with Crippen molar-refractivity contribution in [2.45, 2.75) is 52.0 Å². The number of unbranched alkanes of at least 4 members (excludes halogenated alkanes) is 1. The Morgan fingerprint density at radius 2 is 2.20 bits per heavy atom. The van der Waals surface area contributed by atoms with Crippen LogP contribution in [0.4, 0.5) is 0 Å². The third kappa shape index (κ3) is 7.78. The standard InChI is InChI=1S/C20H34N4O/c1-4-5-11-21-20(22-12-8-19-7-6-15-25-19)23-18-9-13-24(14-10-18)16-17(2)3/h6-7,15,18H,2,4-5,8-14,16H2,1,3H3,(H2,21,22,23). The molecule has 1 saturated heterocycles. The van der Waals surface area contributed by atoms with E-state index < -0.39 is 0 Å². The lowest BCUT2D eigenvalue weighted by molar-refractivity contribution is 0.221. The molecule has 0 saturated carbocycles. The summed E-state index contributed by atoms with van der Waals surface area (Å²) in [6.07, 6.45) is 7.20. The van der Waals surface area contributed by atoms with Crippen molar-refractivity contribution in [2.24, 2.45) is 4.99 Å². The highest BCUT2D eigenvalue weighted by atomic mass is 16.3. The number of likely N-dealkylation sites (tertiary alicyclic amines) is 1. The second kappa shape index (κ2) is 11.0. The van der Waals surface area contributed by atoms with Gasteiger partial charge in [0.15, 0.2) is 5.96 Å². The summed E-state index contributed by atoms with van der Waals surface area (Å²) in [5.74, 6) is 1.95. The number of guanidine groups is 1. The van der Waals surface area contributed by atoms with Gasteiger partial charge in [-0.1, -0.05) is 25.5 Å². The van der Waals surface area contributed by atoms with Crippen LogP contribution in [0.1, 0.15) is 45.3 Å². The average molecular weight is 347 g/mol. The molecule has 2 rings (SSSR count). The van der Waals surface area contributed by atoms with Gasteiger partial charge in [0.1, 0.15) is 5.76 Å². The lowest BCUT2D eigenvalue weighted by atomic mass is 10.0. The van der Waals surface area contributed by atoms with Crippen LogP contribution in [0.2, 0.25) is 0 Å². The molecule has 0 bridgehead atoms. The second-order valence-electron chi connectivity index (χ2n) is 6.99. The molecule has 2 N–H and O–H groups in total. The Morgan fingerprint density at radius 3 is 2.84 bits per heavy atom. The molecule has 0 spiro atoms. The summed E-state index contributed by atoms with van der Waals surface area (Å²) in [7, 11) is 0. The molecule has 0 aliphatic carbocycles. The lowest BCUT2D eigenvalue weighted by Crippen LogP contribution is -2.49. The molecule has 2 heterocycles. The predicted octanol–water partition coefficient (Wildman–Crippen LogP) is 3.20. The normalized spacial score (nSPS) is 16.8. The molecular weight excluding hydrogens is 312 g/mol. The summed E-state index contributed by atoms with van der Waals surface area (Å²) in [6, 6.07) is 4.45. The highest BCUT2D eigenvalue weighted by molar-refractivity contribution is 5.80. The SMILES string of the molecule is C=C(C)CN1CCC(NC(=NCCCC)NCCc2ccco2)CC1. The Hall–Kier alpha value is -1.75. The molecule has 0 aromatic carbocycles. The molecule has 0 radical (unpaired) electrons. The van der Waals surface area contributed by atoms with Crippen molar-refractivity contribution in [1.82, 2.24) is 15.5 Å². The van der Waals surface area contributed by atoms with E-state index in [1.54, 1.807) is 6.26 Å². The number of nitrogens with one attached hydrogen (secondary N) is 2. The first kappa shape index (κ1) is 19.6. The van der Waals surface area contributed by atoms with Crippen LogP contribution in [0.5, 0.6) is 0 Å². The number of aliphatic imine (C=N–C) groups is 1. The summed E-state index contributed by atoms with van der Waals surface area (Å²) in [4.78, 5) is 7.21. The number of piperidine rings is 1. The van der Waals surface area contributed by atoms with Gasteiger partial charge in [-0.25, -0.2) is 0 Å². The summed E-state index contributed by atoms with van der Waals surface area (Å²) >= 11 is 0. The Kier molecular flexibility index (Phi) is 8.60. The molecule has 25 heavy (non-hydrogen) atoms. The van der Waals surface area contributed by atoms with Gasteiger partial charge >= 0.3 is 0 Å². The highest BCUT2D eigenvalue weighted by Gasteiger charge is 2.19. The summed E-state index contributed by atoms with van der Waals surface area (Å²) in [6.45, 7) is 13.3. The Morgan fingerprint density at radius 1 is 1.40 bits per heavy atom. The zero-order chi connectivity index (χ0) is 17.9. The van der Waals surface area contributed by atoms with E-state index in [1.165, 1.54) is 12.0 Å². The zero-order valence-electron chi connectivity index (χ0n) is 15.9. The van der Waals surface area contributed by atoms with Crippen LogP contribution >= 0.6 is 0 Å². The van der Waals surface area contributed by atoms with E-state index in [0.717, 1.165) is 70.1 Å². The maximum atomic E-state index is 5.39. The largest absolute Gasteiger partial charge is 0.469 e. The van der Waals surface area contributed by atoms with Gasteiger partial charge in [0.2, 0.25) is 0 Å². The van der Waals surface area contributed by atoms with Gasteiger partial charge in [-0.2, -0.15) is 0 Å². The first-order chi connectivity index (χ1) is 12.2. The van der Waals surface area contributed by atoms with Crippen LogP contribution in [0.3, 0.4) is 0 Å². The molecule has 1 aliphatic rings. The molecule has 1 aromatic rings. The minimum Gasteiger partial charge on any atom is -0.469 e. The Bertz CT molecular complexity index is 516. The molecule has 0 amide bonds. The minimum atomic E-state index is 0.498. The molecule has 0 unspecified atom stereocenters. The van der Waals surface area contributed by atoms with Crippen molar-refractivity contribution >= 4 is 5.96 Å². The van der Waals surface area contributed by atoms with E-state index in [0.29, 0.717) is 6.04 Å². The summed E-state index contributed by atoms with van der Waals surface area (Å²) < 4.78 is 5.39. The predicted molar refractivity (Wildman–Crippen MR) is 105 cm³/mol. The van der Waals surface area contributed by atoms with Crippen LogP contribution < -0.4 is 10.6 Å². The van der Waals surface area contributed by atoms with Gasteiger partial charge < -0.3 is 15.1 Å². The molecule has 5 nitrogen and oxygen atoms in total. The third-order valence-electron chi connectivity index (χ3n) is 4.45. The maximum Gasteiger partial charge on any atom is 0.191 e. The van der Waals surface area contributed by atoms with Gasteiger partial charge in [0.25, 0.3) is 0 Å². The lowest BCUT2D eigenvalue weighted by Gasteiger charge is -2.33. The number of hydrogen-bond acceptors (Lipinski definition) is 3. The van der Waals surface area contributed by atoms with Crippen LogP contribution in [0.15, 0.2) is 40.0 Å². The Balaban J connectivity index is 1.77. The summed E-state index contributed by atoms with van der Waals surface area (Å²) in [5.41, 5.74) is 1.24. The Labute approximate surface area is 152 Å². The van der Waals surface area contributed by atoms with Crippen molar-refractivity contribution in [1.29, 1.82) is 0 Å². The van der Waals surface area contributed by atoms with Crippen LogP contribution in [-0.4, -0.2) is 49.6 Å². The van der Waals surface area contributed by atoms with Gasteiger partial charge in [0, 0.05) is 45.2 Å². The molecule has 140 valence electrons. The summed E-state index contributed by atoms with van der Waals surface area (Å²) in [5, 5.41) is 7.09. The monoisotopic (exact) mass is 346 g/mol. The van der Waals surface area contributed by atoms with Crippen LogP contribution in [0, 0.1) is 0 Å². The second-order valence-corrected chi connectivity index (χ2v) is 6.99. The van der Waals surface area contributed by atoms with Crippen molar-refractivity contribution in [2.75, 3.05) is 32.7 Å². The van der Waals surface area contributed by atoms with E-state index in [-0.39, 0.29) is 0 Å². The van der Waals surface area contributed by atoms with Gasteiger partial charge in [-0.15, -0.1) is 0 Å². The van der Waals surface area contributed by atoms with Gasteiger partial charge in [-0.05, 0) is 38.3 Å². The number of nitrogens with zero attached hydrogens (tertiary/aromatic N) is 2. The smallest absolute Gasteiger partial charge is 0.191 e. The van der Waals surface area contributed by atoms with Crippen molar-refractivity contribution in [3.05, 3.63) is 36.3 Å². The van der Waals surface area contributed by atoms with Gasteiger partial charge in [-0.3, -0.25) is 9.89 Å². The number of hydrogen-bond donors (Lipinski definition) is 2. The quantitative estimate of drug-likeness (QED) is 0.312.